The molecule has 4 atom stereocenters. The second kappa shape index (κ2) is 11.5. The molecular weight excluding hydrogens is 539 g/mol. The van der Waals surface area contributed by atoms with E-state index < -0.39 is 22.1 Å². The lowest BCUT2D eigenvalue weighted by molar-refractivity contribution is -0.127. The second-order valence-corrected chi connectivity index (χ2v) is 12.7. The quantitative estimate of drug-likeness (QED) is 0.404. The van der Waals surface area contributed by atoms with Crippen molar-refractivity contribution in [3.8, 4) is 0 Å². The smallest absolute Gasteiger partial charge is 0.237 e. The number of allylic oxidation sites excluding steroid dienone is 2. The summed E-state index contributed by atoms with van der Waals surface area (Å²) in [5.74, 6) is -0.541. The van der Waals surface area contributed by atoms with Crippen molar-refractivity contribution in [3.05, 3.63) is 87.9 Å². The van der Waals surface area contributed by atoms with Crippen LogP contribution < -0.4 is 5.32 Å². The topological polar surface area (TPSA) is 66.5 Å². The second-order valence-electron chi connectivity index (χ2n) is 10.6. The van der Waals surface area contributed by atoms with Crippen LogP contribution in [0.4, 0.5) is 0 Å². The molecule has 0 saturated carbocycles. The van der Waals surface area contributed by atoms with Crippen molar-refractivity contribution in [1.29, 1.82) is 0 Å². The highest BCUT2D eigenvalue weighted by atomic mass is 35.5. The predicted molar refractivity (Wildman–Crippen MR) is 153 cm³/mol. The fourth-order valence-electron chi connectivity index (χ4n) is 6.26. The molecule has 2 fully saturated rings. The molecule has 2 amide bonds. The number of benzene rings is 2. The lowest BCUT2D eigenvalue weighted by Crippen LogP contribution is -2.37. The third-order valence-electron chi connectivity index (χ3n) is 8.35. The van der Waals surface area contributed by atoms with E-state index >= 15 is 0 Å². The summed E-state index contributed by atoms with van der Waals surface area (Å²) in [6, 6.07) is 13.8. The van der Waals surface area contributed by atoms with Gasteiger partial charge in [0.05, 0.1) is 32.2 Å². The predicted octanol–water partition coefficient (Wildman–Crippen LogP) is 5.86. The lowest BCUT2D eigenvalue weighted by atomic mass is 9.67. The summed E-state index contributed by atoms with van der Waals surface area (Å²) in [6.07, 6.45) is 12.5. The summed E-state index contributed by atoms with van der Waals surface area (Å²) in [4.78, 5) is 29.1. The van der Waals surface area contributed by atoms with E-state index in [0.29, 0.717) is 22.4 Å². The van der Waals surface area contributed by atoms with Gasteiger partial charge in [-0.3, -0.25) is 19.1 Å². The molecule has 5 nitrogen and oxygen atoms in total. The van der Waals surface area contributed by atoms with Crippen molar-refractivity contribution < 1.29 is 13.8 Å². The van der Waals surface area contributed by atoms with Crippen LogP contribution in [0.3, 0.4) is 0 Å². The van der Waals surface area contributed by atoms with Crippen LogP contribution in [0.2, 0.25) is 10.0 Å². The normalized spacial score (nSPS) is 25.3. The molecular formula is C30H32Cl2N2O3S. The first-order chi connectivity index (χ1) is 18.3. The van der Waals surface area contributed by atoms with Gasteiger partial charge in [0.15, 0.2) is 0 Å². The number of halogens is 2. The van der Waals surface area contributed by atoms with Gasteiger partial charge >= 0.3 is 0 Å². The summed E-state index contributed by atoms with van der Waals surface area (Å²) in [7, 11) is -0.999. The molecule has 2 heterocycles. The van der Waals surface area contributed by atoms with E-state index in [9.17, 15) is 13.8 Å². The Morgan fingerprint density at radius 1 is 1.08 bits per heavy atom. The van der Waals surface area contributed by atoms with Crippen molar-refractivity contribution in [3.63, 3.8) is 0 Å². The van der Waals surface area contributed by atoms with Gasteiger partial charge in [0.1, 0.15) is 0 Å². The van der Waals surface area contributed by atoms with Gasteiger partial charge in [-0.1, -0.05) is 71.8 Å². The monoisotopic (exact) mass is 570 g/mol. The van der Waals surface area contributed by atoms with Gasteiger partial charge in [-0.2, -0.15) is 0 Å². The largest absolute Gasteiger partial charge is 0.303 e. The number of carbonyl (C=O) groups is 2. The highest BCUT2D eigenvalue weighted by Gasteiger charge is 2.53. The number of imide groups is 1. The highest BCUT2D eigenvalue weighted by molar-refractivity contribution is 7.84. The molecule has 2 unspecified atom stereocenters. The SMILES string of the molecule is C[S@](=O)c1ccccc1C1CCN(CC[C@H](CC23C=CC=CC2C(=O)NC3=O)c2ccc(Cl)c(Cl)c2)CC1. The van der Waals surface area contributed by atoms with Gasteiger partial charge in [-0.25, -0.2) is 0 Å². The van der Waals surface area contributed by atoms with Crippen molar-refractivity contribution in [1.82, 2.24) is 10.2 Å². The number of hydrogen-bond acceptors (Lipinski definition) is 4. The van der Waals surface area contributed by atoms with Crippen LogP contribution in [0, 0.1) is 11.3 Å². The summed E-state index contributed by atoms with van der Waals surface area (Å²) < 4.78 is 12.2. The highest BCUT2D eigenvalue weighted by Crippen LogP contribution is 2.47. The Bertz CT molecular complexity index is 1320. The van der Waals surface area contributed by atoms with Crippen molar-refractivity contribution in [2.24, 2.45) is 11.3 Å². The molecule has 2 saturated heterocycles. The maximum absolute atomic E-state index is 13.1. The summed E-state index contributed by atoms with van der Waals surface area (Å²) in [6.45, 7) is 2.78. The zero-order valence-electron chi connectivity index (χ0n) is 21.4. The van der Waals surface area contributed by atoms with Crippen molar-refractivity contribution in [2.45, 2.75) is 42.4 Å². The summed E-state index contributed by atoms with van der Waals surface area (Å²) in [5.41, 5.74) is 1.34. The molecule has 8 heteroatoms. The maximum atomic E-state index is 13.1. The summed E-state index contributed by atoms with van der Waals surface area (Å²) >= 11 is 12.6. The molecule has 0 radical (unpaired) electrons. The zero-order valence-corrected chi connectivity index (χ0v) is 23.7. The molecule has 38 heavy (non-hydrogen) atoms. The van der Waals surface area contributed by atoms with Crippen LogP contribution in [-0.4, -0.2) is 46.8 Å². The number of hydrogen-bond donors (Lipinski definition) is 1. The minimum Gasteiger partial charge on any atom is -0.303 e. The van der Waals surface area contributed by atoms with E-state index in [1.54, 1.807) is 12.3 Å². The van der Waals surface area contributed by atoms with Gasteiger partial charge < -0.3 is 4.90 Å². The standard InChI is InChI=1S/C30H32Cl2N2O3S/c1-38(37)27-8-3-2-6-23(27)20-11-15-34(16-12-20)17-13-22(21-9-10-25(31)26(32)18-21)19-30-14-5-4-7-24(30)28(35)33-29(30)36/h2-10,14,18,20,22,24H,11-13,15-17,19H2,1H3,(H,33,35,36)/t22-,24?,30?,38+/m1/s1. The van der Waals surface area contributed by atoms with Gasteiger partial charge in [0.25, 0.3) is 0 Å². The van der Waals surface area contributed by atoms with E-state index in [1.165, 1.54) is 5.56 Å². The van der Waals surface area contributed by atoms with Crippen molar-refractivity contribution in [2.75, 3.05) is 25.9 Å². The van der Waals surface area contributed by atoms with Crippen LogP contribution in [-0.2, 0) is 20.4 Å². The number of piperidine rings is 1. The number of nitrogens with one attached hydrogen (secondary N) is 1. The Kier molecular flexibility index (Phi) is 8.25. The van der Waals surface area contributed by atoms with E-state index in [2.05, 4.69) is 16.3 Å². The van der Waals surface area contributed by atoms with Gasteiger partial charge in [-0.15, -0.1) is 0 Å². The zero-order chi connectivity index (χ0) is 26.9. The Balaban J connectivity index is 1.31. The van der Waals surface area contributed by atoms with Gasteiger partial charge in [0.2, 0.25) is 11.8 Å². The molecule has 0 bridgehead atoms. The summed E-state index contributed by atoms with van der Waals surface area (Å²) in [5, 5.41) is 3.54. The number of amides is 2. The third kappa shape index (κ3) is 5.42. The van der Waals surface area contributed by atoms with E-state index in [-0.39, 0.29) is 17.7 Å². The molecule has 2 aromatic rings. The van der Waals surface area contributed by atoms with Gasteiger partial charge in [-0.05, 0) is 86.5 Å². The first kappa shape index (κ1) is 27.3. The minimum atomic E-state index is -0.999. The number of carbonyl (C=O) groups excluding carboxylic acids is 2. The van der Waals surface area contributed by atoms with Crippen molar-refractivity contribution >= 4 is 45.8 Å². The molecule has 1 N–H and O–H groups in total. The number of likely N-dealkylation sites (tertiary alicyclic amines) is 1. The van der Waals surface area contributed by atoms with Crippen LogP contribution in [0.15, 0.2) is 71.7 Å². The van der Waals surface area contributed by atoms with E-state index in [0.717, 1.165) is 49.4 Å². The molecule has 0 aromatic heterocycles. The lowest BCUT2D eigenvalue weighted by Gasteiger charge is -2.36. The molecule has 0 spiro atoms. The Labute approximate surface area is 236 Å². The van der Waals surface area contributed by atoms with Crippen LogP contribution in [0.25, 0.3) is 0 Å². The molecule has 2 aromatic carbocycles. The van der Waals surface area contributed by atoms with E-state index in [1.807, 2.05) is 54.6 Å². The van der Waals surface area contributed by atoms with Crippen LogP contribution in [0.1, 0.15) is 48.6 Å². The Morgan fingerprint density at radius 2 is 1.84 bits per heavy atom. The first-order valence-electron chi connectivity index (χ1n) is 13.1. The average Bonchev–Trinajstić information content (AvgIpc) is 3.17. The fraction of sp³-hybridized carbons (Fsp3) is 0.400. The maximum Gasteiger partial charge on any atom is 0.237 e. The number of fused-ring (bicyclic) bond motifs is 1. The Hall–Kier alpha value is -2.25. The number of rotatable bonds is 8. The molecule has 3 aliphatic rings. The molecule has 2 aliphatic heterocycles. The average molecular weight is 572 g/mol. The van der Waals surface area contributed by atoms with Crippen LogP contribution in [0.5, 0.6) is 0 Å². The molecule has 200 valence electrons. The fourth-order valence-corrected chi connectivity index (χ4v) is 7.40. The molecule has 1 aliphatic carbocycles. The van der Waals surface area contributed by atoms with Crippen LogP contribution >= 0.6 is 23.2 Å². The molecule has 5 rings (SSSR count). The van der Waals surface area contributed by atoms with E-state index in [4.69, 9.17) is 23.2 Å². The third-order valence-corrected chi connectivity index (χ3v) is 10.1. The van der Waals surface area contributed by atoms with Gasteiger partial charge in [0, 0.05) is 11.2 Å². The first-order valence-corrected chi connectivity index (χ1v) is 15.4. The minimum absolute atomic E-state index is 0.0148. The number of nitrogens with zero attached hydrogens (tertiary/aromatic N) is 1. The Morgan fingerprint density at radius 3 is 2.58 bits per heavy atom.